The lowest BCUT2D eigenvalue weighted by Gasteiger charge is -2.11. The fraction of sp³-hybridized carbons (Fsp3) is 0.412. The van der Waals surface area contributed by atoms with Crippen LogP contribution in [0.2, 0.25) is 5.02 Å². The van der Waals surface area contributed by atoms with Crippen LogP contribution < -0.4 is 4.74 Å². The van der Waals surface area contributed by atoms with Crippen molar-refractivity contribution >= 4 is 17.6 Å². The molecule has 2 rings (SSSR count). The van der Waals surface area contributed by atoms with Crippen LogP contribution in [0.5, 0.6) is 5.75 Å². The van der Waals surface area contributed by atoms with Gasteiger partial charge < -0.3 is 14.4 Å². The number of hydrogen-bond donors (Lipinski definition) is 1. The smallest absolute Gasteiger partial charge is 0.335 e. The maximum absolute atomic E-state index is 11.0. The molecule has 1 N–H and O–H groups in total. The van der Waals surface area contributed by atoms with E-state index in [1.165, 1.54) is 6.07 Å². The molecule has 5 nitrogen and oxygen atoms in total. The van der Waals surface area contributed by atoms with Gasteiger partial charge in [0.15, 0.2) is 0 Å². The zero-order valence-electron chi connectivity index (χ0n) is 13.3. The third-order valence-corrected chi connectivity index (χ3v) is 3.75. The first-order chi connectivity index (χ1) is 11.0. The Labute approximate surface area is 140 Å². The molecule has 2 aromatic rings. The Bertz CT molecular complexity index is 658. The highest BCUT2D eigenvalue weighted by Gasteiger charge is 2.11. The lowest BCUT2D eigenvalue weighted by molar-refractivity contribution is 0.0696. The molecule has 124 valence electrons. The highest BCUT2D eigenvalue weighted by molar-refractivity contribution is 6.32. The summed E-state index contributed by atoms with van der Waals surface area (Å²) in [6.45, 7) is 4.24. The first-order valence-electron chi connectivity index (χ1n) is 7.56. The molecule has 0 unspecified atom stereocenters. The molecule has 6 heteroatoms. The van der Waals surface area contributed by atoms with Gasteiger partial charge in [0.25, 0.3) is 0 Å². The average molecular weight is 338 g/mol. The minimum absolute atomic E-state index is 0.169. The summed E-state index contributed by atoms with van der Waals surface area (Å²) in [4.78, 5) is 11.0. The third kappa shape index (κ3) is 4.99. The number of unbranched alkanes of at least 4 members (excludes halogenated alkanes) is 2. The number of rotatable bonds is 8. The predicted molar refractivity (Wildman–Crippen MR) is 87.4 cm³/mol. The molecule has 0 amide bonds. The lowest BCUT2D eigenvalue weighted by Crippen LogP contribution is -2.03. The number of carboxylic acids is 1. The first-order valence-corrected chi connectivity index (χ1v) is 7.93. The maximum Gasteiger partial charge on any atom is 0.335 e. The quantitative estimate of drug-likeness (QED) is 0.721. The van der Waals surface area contributed by atoms with Crippen LogP contribution in [0.4, 0.5) is 0 Å². The predicted octanol–water partition coefficient (Wildman–Crippen LogP) is 4.43. The number of benzene rings is 1. The van der Waals surface area contributed by atoms with Crippen molar-refractivity contribution in [1.82, 2.24) is 5.16 Å². The van der Waals surface area contributed by atoms with Gasteiger partial charge in [-0.2, -0.15) is 0 Å². The summed E-state index contributed by atoms with van der Waals surface area (Å²) in [7, 11) is 0. The van der Waals surface area contributed by atoms with E-state index in [1.807, 2.05) is 13.0 Å². The van der Waals surface area contributed by atoms with Gasteiger partial charge >= 0.3 is 5.97 Å². The number of ether oxygens (including phenoxy) is 1. The van der Waals surface area contributed by atoms with Crippen molar-refractivity contribution in [2.45, 2.75) is 39.5 Å². The molecule has 0 fully saturated rings. The van der Waals surface area contributed by atoms with E-state index in [2.05, 4.69) is 5.16 Å². The van der Waals surface area contributed by atoms with Crippen molar-refractivity contribution in [3.05, 3.63) is 45.8 Å². The Morgan fingerprint density at radius 2 is 2.04 bits per heavy atom. The minimum Gasteiger partial charge on any atom is -0.492 e. The van der Waals surface area contributed by atoms with Gasteiger partial charge in [0.1, 0.15) is 11.5 Å². The van der Waals surface area contributed by atoms with Crippen LogP contribution in [0.1, 0.15) is 46.6 Å². The van der Waals surface area contributed by atoms with E-state index in [9.17, 15) is 4.79 Å². The van der Waals surface area contributed by atoms with E-state index in [1.54, 1.807) is 13.0 Å². The number of hydrogen-bond acceptors (Lipinski definition) is 4. The van der Waals surface area contributed by atoms with Gasteiger partial charge in [-0.3, -0.25) is 0 Å². The topological polar surface area (TPSA) is 72.6 Å². The Balaban J connectivity index is 1.75. The van der Waals surface area contributed by atoms with Gasteiger partial charge in [0.2, 0.25) is 0 Å². The summed E-state index contributed by atoms with van der Waals surface area (Å²) in [5.74, 6) is 0.471. The number of aromatic nitrogens is 1. The second kappa shape index (κ2) is 8.02. The number of nitrogens with zero attached hydrogens (tertiary/aromatic N) is 1. The number of carbonyl (C=O) groups is 1. The van der Waals surface area contributed by atoms with Crippen LogP contribution in [0.3, 0.4) is 0 Å². The molecule has 23 heavy (non-hydrogen) atoms. The SMILES string of the molecule is Cc1cc(CCCCCOc2c(C)cc(C(=O)O)cc2Cl)on1. The molecule has 1 heterocycles. The number of aryl methyl sites for hydroxylation is 3. The van der Waals surface area contributed by atoms with Crippen LogP contribution in [-0.4, -0.2) is 22.8 Å². The van der Waals surface area contributed by atoms with Gasteiger partial charge in [-0.05, 0) is 50.8 Å². The van der Waals surface area contributed by atoms with E-state index in [0.29, 0.717) is 17.4 Å². The standard InChI is InChI=1S/C17H20ClNO4/c1-11-8-13(17(20)21)10-15(18)16(11)22-7-5-3-4-6-14-9-12(2)19-23-14/h8-10H,3-7H2,1-2H3,(H,20,21). The summed E-state index contributed by atoms with van der Waals surface area (Å²) < 4.78 is 10.9. The van der Waals surface area contributed by atoms with Crippen molar-refractivity contribution in [1.29, 1.82) is 0 Å². The van der Waals surface area contributed by atoms with E-state index >= 15 is 0 Å². The molecule has 0 aliphatic heterocycles. The molecule has 1 aromatic carbocycles. The molecule has 1 aromatic heterocycles. The molecule has 0 saturated carbocycles. The minimum atomic E-state index is -0.996. The Hall–Kier alpha value is -2.01. The molecule has 0 spiro atoms. The van der Waals surface area contributed by atoms with Crippen LogP contribution >= 0.6 is 11.6 Å². The number of carboxylic acid groups (broad SMARTS) is 1. The molecular weight excluding hydrogens is 318 g/mol. The highest BCUT2D eigenvalue weighted by Crippen LogP contribution is 2.30. The van der Waals surface area contributed by atoms with Gasteiger partial charge in [-0.15, -0.1) is 0 Å². The Morgan fingerprint density at radius 1 is 1.26 bits per heavy atom. The normalized spacial score (nSPS) is 10.7. The van der Waals surface area contributed by atoms with E-state index < -0.39 is 5.97 Å². The summed E-state index contributed by atoms with van der Waals surface area (Å²) in [5, 5.41) is 13.2. The third-order valence-electron chi connectivity index (χ3n) is 3.47. The largest absolute Gasteiger partial charge is 0.492 e. The average Bonchev–Trinajstić information content (AvgIpc) is 2.90. The first kappa shape index (κ1) is 17.3. The number of aromatic carboxylic acids is 1. The van der Waals surface area contributed by atoms with Crippen molar-refractivity contribution in [3.8, 4) is 5.75 Å². The lowest BCUT2D eigenvalue weighted by atomic mass is 10.1. The molecular formula is C17H20ClNO4. The molecule has 0 saturated heterocycles. The van der Waals surface area contributed by atoms with Crippen LogP contribution in [0, 0.1) is 13.8 Å². The Kier molecular flexibility index (Phi) is 6.04. The van der Waals surface area contributed by atoms with Gasteiger partial charge in [0.05, 0.1) is 22.9 Å². The van der Waals surface area contributed by atoms with Crippen LogP contribution in [-0.2, 0) is 6.42 Å². The van der Waals surface area contributed by atoms with E-state index in [0.717, 1.165) is 42.7 Å². The van der Waals surface area contributed by atoms with E-state index in [-0.39, 0.29) is 5.56 Å². The number of halogens is 1. The highest BCUT2D eigenvalue weighted by atomic mass is 35.5. The van der Waals surface area contributed by atoms with Gasteiger partial charge in [-0.25, -0.2) is 4.79 Å². The Morgan fingerprint density at radius 3 is 2.65 bits per heavy atom. The van der Waals surface area contributed by atoms with Crippen LogP contribution in [0.25, 0.3) is 0 Å². The summed E-state index contributed by atoms with van der Waals surface area (Å²) >= 11 is 6.09. The zero-order chi connectivity index (χ0) is 16.8. The summed E-state index contributed by atoms with van der Waals surface area (Å²) in [6.07, 6.45) is 3.77. The van der Waals surface area contributed by atoms with Gasteiger partial charge in [0, 0.05) is 12.5 Å². The van der Waals surface area contributed by atoms with Crippen molar-refractivity contribution in [3.63, 3.8) is 0 Å². The van der Waals surface area contributed by atoms with Crippen LogP contribution in [0.15, 0.2) is 22.7 Å². The van der Waals surface area contributed by atoms with Crippen molar-refractivity contribution in [2.24, 2.45) is 0 Å². The molecule has 0 aliphatic carbocycles. The van der Waals surface area contributed by atoms with Crippen molar-refractivity contribution < 1.29 is 19.2 Å². The fourth-order valence-electron chi connectivity index (χ4n) is 2.32. The molecule has 0 atom stereocenters. The molecule has 0 bridgehead atoms. The summed E-state index contributed by atoms with van der Waals surface area (Å²) in [6, 6.07) is 4.93. The van der Waals surface area contributed by atoms with Gasteiger partial charge in [-0.1, -0.05) is 16.8 Å². The monoisotopic (exact) mass is 337 g/mol. The second-order valence-corrected chi connectivity index (χ2v) is 5.91. The molecule has 0 radical (unpaired) electrons. The summed E-state index contributed by atoms with van der Waals surface area (Å²) in [5.41, 5.74) is 1.80. The van der Waals surface area contributed by atoms with E-state index in [4.69, 9.17) is 26.0 Å². The maximum atomic E-state index is 11.0. The fourth-order valence-corrected chi connectivity index (χ4v) is 2.64. The van der Waals surface area contributed by atoms with Crippen molar-refractivity contribution in [2.75, 3.05) is 6.61 Å². The second-order valence-electron chi connectivity index (χ2n) is 5.50. The zero-order valence-corrected chi connectivity index (χ0v) is 14.0. The molecule has 0 aliphatic rings.